The molecular weight excluding hydrogens is 206 g/mol. The molecule has 2 aliphatic rings. The van der Waals surface area contributed by atoms with Gasteiger partial charge in [-0.15, -0.1) is 0 Å². The van der Waals surface area contributed by atoms with Gasteiger partial charge < -0.3 is 9.84 Å². The topological polar surface area (TPSA) is 46.5 Å². The van der Waals surface area contributed by atoms with Crippen molar-refractivity contribution in [2.45, 2.75) is 31.6 Å². The Balaban J connectivity index is 2.10. The normalized spacial score (nSPS) is 29.5. The summed E-state index contributed by atoms with van der Waals surface area (Å²) in [7, 11) is 0. The Labute approximate surface area is 86.4 Å². The van der Waals surface area contributed by atoms with E-state index in [0.29, 0.717) is 26.1 Å². The van der Waals surface area contributed by atoms with E-state index in [0.717, 1.165) is 0 Å². The van der Waals surface area contributed by atoms with Crippen LogP contribution < -0.4 is 0 Å². The number of halogens is 2. The maximum Gasteiger partial charge on any atom is 0.310 e. The maximum atomic E-state index is 12.9. The fourth-order valence-corrected chi connectivity index (χ4v) is 2.74. The summed E-state index contributed by atoms with van der Waals surface area (Å²) < 4.78 is 30.8. The molecule has 86 valence electrons. The van der Waals surface area contributed by atoms with Crippen LogP contribution in [0, 0.1) is 11.3 Å². The first-order valence-electron chi connectivity index (χ1n) is 5.15. The quantitative estimate of drug-likeness (QED) is 0.773. The number of carboxylic acids is 1. The smallest absolute Gasteiger partial charge is 0.310 e. The molecule has 5 heteroatoms. The highest BCUT2D eigenvalue weighted by Crippen LogP contribution is 2.58. The molecule has 1 heterocycles. The van der Waals surface area contributed by atoms with Crippen molar-refractivity contribution < 1.29 is 23.4 Å². The van der Waals surface area contributed by atoms with Crippen LogP contribution in [0.3, 0.4) is 0 Å². The standard InChI is InChI=1S/C10H14F2O3/c11-10(12)5-9(6-10,8(13)14)7-1-3-15-4-2-7/h7H,1-6H2,(H,13,14). The van der Waals surface area contributed by atoms with Crippen molar-refractivity contribution >= 4 is 5.97 Å². The number of hydrogen-bond acceptors (Lipinski definition) is 2. The zero-order chi connectivity index (χ0) is 11.1. The third-order valence-corrected chi connectivity index (χ3v) is 3.58. The highest BCUT2D eigenvalue weighted by molar-refractivity contribution is 5.76. The molecule has 0 bridgehead atoms. The first kappa shape index (κ1) is 10.8. The van der Waals surface area contributed by atoms with E-state index in [2.05, 4.69) is 0 Å². The van der Waals surface area contributed by atoms with Crippen molar-refractivity contribution in [3.63, 3.8) is 0 Å². The average Bonchev–Trinajstić information content (AvgIpc) is 2.14. The van der Waals surface area contributed by atoms with Crippen LogP contribution in [0.5, 0.6) is 0 Å². The van der Waals surface area contributed by atoms with Crippen LogP contribution in [0.1, 0.15) is 25.7 Å². The molecule has 0 atom stereocenters. The summed E-state index contributed by atoms with van der Waals surface area (Å²) >= 11 is 0. The summed E-state index contributed by atoms with van der Waals surface area (Å²) in [6.07, 6.45) is 0.171. The minimum Gasteiger partial charge on any atom is -0.481 e. The predicted molar refractivity (Wildman–Crippen MR) is 47.8 cm³/mol. The number of carboxylic acid groups (broad SMARTS) is 1. The van der Waals surface area contributed by atoms with Gasteiger partial charge >= 0.3 is 5.97 Å². The molecule has 0 spiro atoms. The Morgan fingerprint density at radius 1 is 1.27 bits per heavy atom. The number of carbonyl (C=O) groups is 1. The van der Waals surface area contributed by atoms with Gasteiger partial charge in [0.15, 0.2) is 0 Å². The first-order chi connectivity index (χ1) is 6.96. The summed E-state index contributed by atoms with van der Waals surface area (Å²) in [6, 6.07) is 0. The van der Waals surface area contributed by atoms with Crippen molar-refractivity contribution in [1.29, 1.82) is 0 Å². The SMILES string of the molecule is O=C(O)C1(C2CCOCC2)CC(F)(F)C1. The van der Waals surface area contributed by atoms with E-state index in [4.69, 9.17) is 9.84 Å². The number of alkyl halides is 2. The van der Waals surface area contributed by atoms with Gasteiger partial charge in [-0.1, -0.05) is 0 Å². The van der Waals surface area contributed by atoms with Crippen LogP contribution >= 0.6 is 0 Å². The van der Waals surface area contributed by atoms with Gasteiger partial charge in [-0.05, 0) is 18.8 Å². The van der Waals surface area contributed by atoms with Crippen LogP contribution in [0.15, 0.2) is 0 Å². The summed E-state index contributed by atoms with van der Waals surface area (Å²) in [6.45, 7) is 0.983. The second kappa shape index (κ2) is 3.40. The zero-order valence-corrected chi connectivity index (χ0v) is 8.34. The van der Waals surface area contributed by atoms with Crippen LogP contribution in [0.25, 0.3) is 0 Å². The highest BCUT2D eigenvalue weighted by Gasteiger charge is 2.64. The summed E-state index contributed by atoms with van der Waals surface area (Å²) in [5.74, 6) is -4.00. The third-order valence-electron chi connectivity index (χ3n) is 3.58. The fourth-order valence-electron chi connectivity index (χ4n) is 2.74. The van der Waals surface area contributed by atoms with Crippen molar-refractivity contribution in [3.8, 4) is 0 Å². The molecule has 0 amide bonds. The molecule has 1 saturated heterocycles. The van der Waals surface area contributed by atoms with Gasteiger partial charge in [-0.3, -0.25) is 4.79 Å². The first-order valence-corrected chi connectivity index (χ1v) is 5.15. The highest BCUT2D eigenvalue weighted by atomic mass is 19.3. The average molecular weight is 220 g/mol. The Morgan fingerprint density at radius 2 is 1.80 bits per heavy atom. The Hall–Kier alpha value is -0.710. The molecule has 3 nitrogen and oxygen atoms in total. The van der Waals surface area contributed by atoms with E-state index < -0.39 is 30.1 Å². The molecule has 2 fully saturated rings. The van der Waals surface area contributed by atoms with Crippen molar-refractivity contribution in [1.82, 2.24) is 0 Å². The Bertz CT molecular complexity index is 264. The lowest BCUT2D eigenvalue weighted by Gasteiger charge is -2.49. The van der Waals surface area contributed by atoms with Gasteiger partial charge in [-0.2, -0.15) is 0 Å². The van der Waals surface area contributed by atoms with Gasteiger partial charge in [-0.25, -0.2) is 8.78 Å². The van der Waals surface area contributed by atoms with E-state index >= 15 is 0 Å². The minimum atomic E-state index is -2.78. The molecule has 0 radical (unpaired) electrons. The summed E-state index contributed by atoms with van der Waals surface area (Å²) in [5.41, 5.74) is -1.19. The lowest BCUT2D eigenvalue weighted by molar-refractivity contribution is -0.212. The fraction of sp³-hybridized carbons (Fsp3) is 0.900. The Morgan fingerprint density at radius 3 is 2.20 bits per heavy atom. The largest absolute Gasteiger partial charge is 0.481 e. The lowest BCUT2D eigenvalue weighted by atomic mass is 9.57. The predicted octanol–water partition coefficient (Wildman–Crippen LogP) is 1.91. The van der Waals surface area contributed by atoms with Crippen LogP contribution in [0.4, 0.5) is 8.78 Å². The number of ether oxygens (including phenoxy) is 1. The molecule has 0 aromatic heterocycles. The van der Waals surface area contributed by atoms with Gasteiger partial charge in [0, 0.05) is 26.1 Å². The second-order valence-corrected chi connectivity index (χ2v) is 4.56. The van der Waals surface area contributed by atoms with Gasteiger partial charge in [0.1, 0.15) is 0 Å². The van der Waals surface area contributed by atoms with Gasteiger partial charge in [0.2, 0.25) is 5.92 Å². The molecule has 1 N–H and O–H groups in total. The Kier molecular flexibility index (Phi) is 2.45. The lowest BCUT2D eigenvalue weighted by Crippen LogP contribution is -2.56. The monoisotopic (exact) mass is 220 g/mol. The summed E-state index contributed by atoms with van der Waals surface area (Å²) in [4.78, 5) is 11.1. The maximum absolute atomic E-state index is 12.9. The molecular formula is C10H14F2O3. The number of hydrogen-bond donors (Lipinski definition) is 1. The van der Waals surface area contributed by atoms with E-state index in [-0.39, 0.29) is 5.92 Å². The molecule has 1 aliphatic carbocycles. The minimum absolute atomic E-state index is 0.150. The number of aliphatic carboxylic acids is 1. The van der Waals surface area contributed by atoms with Crippen LogP contribution in [-0.2, 0) is 9.53 Å². The van der Waals surface area contributed by atoms with Crippen molar-refractivity contribution in [2.24, 2.45) is 11.3 Å². The van der Waals surface area contributed by atoms with E-state index in [1.807, 2.05) is 0 Å². The molecule has 15 heavy (non-hydrogen) atoms. The van der Waals surface area contributed by atoms with Gasteiger partial charge in [0.25, 0.3) is 0 Å². The third kappa shape index (κ3) is 1.73. The zero-order valence-electron chi connectivity index (χ0n) is 8.34. The molecule has 2 rings (SSSR count). The van der Waals surface area contributed by atoms with Crippen LogP contribution in [-0.4, -0.2) is 30.2 Å². The van der Waals surface area contributed by atoms with Crippen LogP contribution in [0.2, 0.25) is 0 Å². The van der Waals surface area contributed by atoms with E-state index in [1.165, 1.54) is 0 Å². The van der Waals surface area contributed by atoms with E-state index in [9.17, 15) is 13.6 Å². The van der Waals surface area contributed by atoms with E-state index in [1.54, 1.807) is 0 Å². The molecule has 0 aromatic rings. The van der Waals surface area contributed by atoms with Gasteiger partial charge in [0.05, 0.1) is 5.41 Å². The molecule has 0 aromatic carbocycles. The van der Waals surface area contributed by atoms with Crippen molar-refractivity contribution in [3.05, 3.63) is 0 Å². The summed E-state index contributed by atoms with van der Waals surface area (Å²) in [5, 5.41) is 9.09. The molecule has 0 unspecified atom stereocenters. The number of rotatable bonds is 2. The van der Waals surface area contributed by atoms with Crippen molar-refractivity contribution in [2.75, 3.05) is 13.2 Å². The molecule has 1 aliphatic heterocycles. The second-order valence-electron chi connectivity index (χ2n) is 4.56. The molecule has 1 saturated carbocycles.